The molecule has 0 spiro atoms. The molecule has 0 aliphatic rings. The van der Waals surface area contributed by atoms with E-state index in [-0.39, 0.29) is 18.6 Å². The molecule has 3 unspecified atom stereocenters. The van der Waals surface area contributed by atoms with E-state index in [2.05, 4.69) is 5.32 Å². The predicted octanol–water partition coefficient (Wildman–Crippen LogP) is 1.93. The van der Waals surface area contributed by atoms with Crippen LogP contribution < -0.4 is 15.8 Å². The van der Waals surface area contributed by atoms with Crippen LogP contribution in [-0.4, -0.2) is 47.2 Å². The maximum Gasteiger partial charge on any atom is 0.321 e. The number of carbonyl (C=O) groups excluding carboxylic acids is 3. The lowest BCUT2D eigenvalue weighted by atomic mass is 9.88. The van der Waals surface area contributed by atoms with Crippen LogP contribution in [0.1, 0.15) is 27.2 Å². The van der Waals surface area contributed by atoms with E-state index in [1.807, 2.05) is 50.2 Å². The minimum Gasteiger partial charge on any atom is -0.480 e. The molecular weight excluding hydrogens is 400 g/mol. The topological polar surface area (TPSA) is 136 Å². The minimum absolute atomic E-state index is 0.00287. The first kappa shape index (κ1) is 24.0. The number of carbonyl (C=O) groups is 4. The van der Waals surface area contributed by atoms with Crippen molar-refractivity contribution in [2.75, 3.05) is 0 Å². The van der Waals surface area contributed by atoms with Gasteiger partial charge in [-0.15, -0.1) is 0 Å². The van der Waals surface area contributed by atoms with Gasteiger partial charge >= 0.3 is 5.97 Å². The molecule has 2 aromatic rings. The van der Waals surface area contributed by atoms with E-state index in [1.54, 1.807) is 13.0 Å². The molecule has 0 heterocycles. The summed E-state index contributed by atoms with van der Waals surface area (Å²) in [5.41, 5.74) is 5.50. The van der Waals surface area contributed by atoms with Crippen LogP contribution >= 0.6 is 0 Å². The summed E-state index contributed by atoms with van der Waals surface area (Å²) in [4.78, 5) is 48.1. The van der Waals surface area contributed by atoms with Gasteiger partial charge in [-0.3, -0.25) is 14.4 Å². The number of Topliss-reactive ketones (excluding diaryl/α,β-unsaturated/α-hetero) is 1. The number of hydrogen-bond acceptors (Lipinski definition) is 6. The van der Waals surface area contributed by atoms with Crippen LogP contribution in [0.15, 0.2) is 42.5 Å². The van der Waals surface area contributed by atoms with Crippen molar-refractivity contribution in [1.82, 2.24) is 5.32 Å². The molecule has 0 bridgehead atoms. The van der Waals surface area contributed by atoms with Crippen molar-refractivity contribution in [2.24, 2.45) is 17.6 Å². The number of nitrogens with one attached hydrogen (secondary N) is 1. The van der Waals surface area contributed by atoms with Crippen LogP contribution in [0.3, 0.4) is 0 Å². The summed E-state index contributed by atoms with van der Waals surface area (Å²) in [6, 6.07) is 10.3. The molecule has 0 aromatic heterocycles. The van der Waals surface area contributed by atoms with Crippen molar-refractivity contribution in [3.8, 4) is 5.75 Å². The molecule has 2 rings (SSSR count). The normalized spacial score (nSPS) is 15.0. The summed E-state index contributed by atoms with van der Waals surface area (Å²) in [5.74, 6) is -3.79. The van der Waals surface area contributed by atoms with Crippen molar-refractivity contribution < 1.29 is 29.0 Å². The SMILES string of the molecule is CC(C)CC(NC(=O)C(C)Oc1cccc2ccccc12)C(=O)[C@H](C=O)C(N)C(=O)O. The van der Waals surface area contributed by atoms with Gasteiger partial charge in [0.15, 0.2) is 11.9 Å². The van der Waals surface area contributed by atoms with Crippen LogP contribution in [0.5, 0.6) is 5.75 Å². The first-order valence-electron chi connectivity index (χ1n) is 10.1. The summed E-state index contributed by atoms with van der Waals surface area (Å²) >= 11 is 0. The number of carboxylic acids is 1. The molecule has 166 valence electrons. The molecule has 8 nitrogen and oxygen atoms in total. The summed E-state index contributed by atoms with van der Waals surface area (Å²) in [6.07, 6.45) is -0.491. The van der Waals surface area contributed by atoms with Crippen LogP contribution in [0.4, 0.5) is 0 Å². The summed E-state index contributed by atoms with van der Waals surface area (Å²) in [5, 5.41) is 13.5. The number of rotatable bonds is 11. The number of hydrogen-bond donors (Lipinski definition) is 3. The zero-order chi connectivity index (χ0) is 23.1. The first-order valence-corrected chi connectivity index (χ1v) is 10.1. The Morgan fingerprint density at radius 3 is 2.35 bits per heavy atom. The van der Waals surface area contributed by atoms with Crippen molar-refractivity contribution in [2.45, 2.75) is 45.4 Å². The first-order chi connectivity index (χ1) is 14.6. The average Bonchev–Trinajstić information content (AvgIpc) is 2.73. The highest BCUT2D eigenvalue weighted by molar-refractivity contribution is 6.03. The molecule has 31 heavy (non-hydrogen) atoms. The molecule has 0 radical (unpaired) electrons. The van der Waals surface area contributed by atoms with Crippen LogP contribution in [0.25, 0.3) is 10.8 Å². The Hall–Kier alpha value is -3.26. The third-order valence-corrected chi connectivity index (χ3v) is 4.94. The molecule has 0 saturated carbocycles. The highest BCUT2D eigenvalue weighted by Crippen LogP contribution is 2.26. The zero-order valence-electron chi connectivity index (χ0n) is 17.8. The Morgan fingerprint density at radius 2 is 1.74 bits per heavy atom. The van der Waals surface area contributed by atoms with Gasteiger partial charge in [0.2, 0.25) is 0 Å². The van der Waals surface area contributed by atoms with E-state index in [0.717, 1.165) is 10.8 Å². The summed E-state index contributed by atoms with van der Waals surface area (Å²) in [7, 11) is 0. The molecule has 4 N–H and O–H groups in total. The van der Waals surface area contributed by atoms with E-state index in [1.165, 1.54) is 0 Å². The van der Waals surface area contributed by atoms with Crippen LogP contribution in [-0.2, 0) is 19.2 Å². The zero-order valence-corrected chi connectivity index (χ0v) is 17.8. The van der Waals surface area contributed by atoms with Crippen molar-refractivity contribution >= 4 is 34.7 Å². The smallest absolute Gasteiger partial charge is 0.321 e. The Balaban J connectivity index is 2.18. The van der Waals surface area contributed by atoms with Gasteiger partial charge in [-0.05, 0) is 30.7 Å². The number of nitrogens with two attached hydrogens (primary N) is 1. The third kappa shape index (κ3) is 6.11. The van der Waals surface area contributed by atoms with Gasteiger partial charge in [-0.1, -0.05) is 50.2 Å². The van der Waals surface area contributed by atoms with Crippen molar-refractivity contribution in [3.05, 3.63) is 42.5 Å². The number of aldehydes is 1. The van der Waals surface area contributed by atoms with Gasteiger partial charge in [0, 0.05) is 5.39 Å². The number of fused-ring (bicyclic) bond motifs is 1. The maximum atomic E-state index is 12.8. The molecule has 2 aromatic carbocycles. The highest BCUT2D eigenvalue weighted by Gasteiger charge is 2.36. The monoisotopic (exact) mass is 428 g/mol. The lowest BCUT2D eigenvalue weighted by Crippen LogP contribution is -2.53. The number of ketones is 1. The largest absolute Gasteiger partial charge is 0.480 e. The molecule has 0 fully saturated rings. The lowest BCUT2D eigenvalue weighted by Gasteiger charge is -2.25. The number of benzene rings is 2. The molecule has 8 heteroatoms. The fraction of sp³-hybridized carbons (Fsp3) is 0.391. The second-order valence-electron chi connectivity index (χ2n) is 7.86. The number of carboxylic acid groups (broad SMARTS) is 1. The molecule has 0 aliphatic carbocycles. The van der Waals surface area contributed by atoms with E-state index >= 15 is 0 Å². The average molecular weight is 428 g/mol. The van der Waals surface area contributed by atoms with Crippen LogP contribution in [0, 0.1) is 11.8 Å². The second-order valence-corrected chi connectivity index (χ2v) is 7.86. The molecule has 0 aliphatic heterocycles. The number of aliphatic carboxylic acids is 1. The third-order valence-electron chi connectivity index (χ3n) is 4.94. The second kappa shape index (κ2) is 10.7. The van der Waals surface area contributed by atoms with Gasteiger partial charge in [-0.25, -0.2) is 0 Å². The Kier molecular flexibility index (Phi) is 8.27. The molecule has 4 atom stereocenters. The molecule has 1 amide bonds. The molecular formula is C23H28N2O6. The van der Waals surface area contributed by atoms with Gasteiger partial charge < -0.3 is 25.7 Å². The summed E-state index contributed by atoms with van der Waals surface area (Å²) in [6.45, 7) is 5.24. The van der Waals surface area contributed by atoms with Gasteiger partial charge in [0.1, 0.15) is 24.0 Å². The quantitative estimate of drug-likeness (QED) is 0.367. The number of amides is 1. The van der Waals surface area contributed by atoms with Crippen molar-refractivity contribution in [3.63, 3.8) is 0 Å². The van der Waals surface area contributed by atoms with Gasteiger partial charge in [-0.2, -0.15) is 0 Å². The van der Waals surface area contributed by atoms with E-state index in [9.17, 15) is 19.2 Å². The fourth-order valence-corrected chi connectivity index (χ4v) is 3.26. The van der Waals surface area contributed by atoms with Crippen molar-refractivity contribution in [1.29, 1.82) is 0 Å². The van der Waals surface area contributed by atoms with E-state index < -0.39 is 41.8 Å². The lowest BCUT2D eigenvalue weighted by molar-refractivity contribution is -0.145. The summed E-state index contributed by atoms with van der Waals surface area (Å²) < 4.78 is 5.84. The Morgan fingerprint density at radius 1 is 1.10 bits per heavy atom. The standard InChI is InChI=1S/C23H28N2O6/c1-13(2)11-18(21(27)17(12-26)20(24)23(29)30)25-22(28)14(3)31-19-10-6-8-15-7-4-5-9-16(15)19/h4-10,12-14,17-18,20H,11,24H2,1-3H3,(H,25,28)(H,29,30)/t14?,17-,18?,20?/m1/s1. The maximum absolute atomic E-state index is 12.8. The Labute approximate surface area is 180 Å². The number of ether oxygens (including phenoxy) is 1. The van der Waals surface area contributed by atoms with Crippen LogP contribution in [0.2, 0.25) is 0 Å². The molecule has 0 saturated heterocycles. The van der Waals surface area contributed by atoms with Gasteiger partial charge in [0.25, 0.3) is 5.91 Å². The highest BCUT2D eigenvalue weighted by atomic mass is 16.5. The van der Waals surface area contributed by atoms with E-state index in [4.69, 9.17) is 15.6 Å². The van der Waals surface area contributed by atoms with E-state index in [0.29, 0.717) is 5.75 Å². The minimum atomic E-state index is -1.68. The van der Waals surface area contributed by atoms with Gasteiger partial charge in [0.05, 0.1) is 6.04 Å². The fourth-order valence-electron chi connectivity index (χ4n) is 3.26. The Bertz CT molecular complexity index is 953. The predicted molar refractivity (Wildman–Crippen MR) is 116 cm³/mol.